The van der Waals surface area contributed by atoms with E-state index in [2.05, 4.69) is 27.9 Å². The Kier molecular flexibility index (Phi) is 6.36. The number of rotatable bonds is 5. The van der Waals surface area contributed by atoms with Crippen molar-refractivity contribution in [2.75, 3.05) is 14.2 Å². The van der Waals surface area contributed by atoms with Crippen LogP contribution in [0, 0.1) is 3.57 Å². The van der Waals surface area contributed by atoms with E-state index in [1.54, 1.807) is 30.3 Å². The van der Waals surface area contributed by atoms with Gasteiger partial charge in [0.1, 0.15) is 12.3 Å². The quantitative estimate of drug-likeness (QED) is 0.344. The zero-order valence-electron chi connectivity index (χ0n) is 14.9. The van der Waals surface area contributed by atoms with Crippen LogP contribution in [0.15, 0.2) is 36.0 Å². The maximum Gasteiger partial charge on any atom is 0.328 e. The van der Waals surface area contributed by atoms with Crippen molar-refractivity contribution in [3.63, 3.8) is 0 Å². The molecule has 0 aliphatic carbocycles. The largest absolute Gasteiger partial charge is 0.493 e. The van der Waals surface area contributed by atoms with Crippen LogP contribution in [0.3, 0.4) is 0 Å². The predicted molar refractivity (Wildman–Crippen MR) is 116 cm³/mol. The second-order valence-corrected chi connectivity index (χ2v) is 7.92. The van der Waals surface area contributed by atoms with E-state index in [4.69, 9.17) is 32.7 Å². The van der Waals surface area contributed by atoms with E-state index in [1.165, 1.54) is 14.2 Å². The van der Waals surface area contributed by atoms with Crippen molar-refractivity contribution in [3.8, 4) is 11.5 Å². The van der Waals surface area contributed by atoms with Gasteiger partial charge in [-0.1, -0.05) is 29.3 Å². The van der Waals surface area contributed by atoms with Crippen LogP contribution in [0.25, 0.3) is 6.08 Å². The summed E-state index contributed by atoms with van der Waals surface area (Å²) in [5, 5.41) is 3.60. The summed E-state index contributed by atoms with van der Waals surface area (Å²) in [7, 11) is 2.95. The second-order valence-electron chi connectivity index (χ2n) is 5.91. The fourth-order valence-corrected chi connectivity index (χ4v) is 3.79. The maximum absolute atomic E-state index is 12.0. The molecule has 1 heterocycles. The van der Waals surface area contributed by atoms with Gasteiger partial charge in [-0.05, 0) is 58.5 Å². The molecule has 146 valence electrons. The Bertz CT molecular complexity index is 994. The first-order chi connectivity index (χ1) is 13.3. The van der Waals surface area contributed by atoms with Crippen molar-refractivity contribution < 1.29 is 19.1 Å². The molecule has 9 heteroatoms. The van der Waals surface area contributed by atoms with Crippen LogP contribution in [-0.4, -0.2) is 31.0 Å². The van der Waals surface area contributed by atoms with Gasteiger partial charge in [-0.15, -0.1) is 0 Å². The Labute approximate surface area is 185 Å². The number of imide groups is 1. The number of carbonyl (C=O) groups is 2. The van der Waals surface area contributed by atoms with Crippen molar-refractivity contribution in [1.29, 1.82) is 0 Å². The summed E-state index contributed by atoms with van der Waals surface area (Å²) in [4.78, 5) is 24.6. The van der Waals surface area contributed by atoms with Gasteiger partial charge in [0.05, 0.1) is 10.7 Å². The van der Waals surface area contributed by atoms with Crippen molar-refractivity contribution in [3.05, 3.63) is 60.8 Å². The van der Waals surface area contributed by atoms with E-state index >= 15 is 0 Å². The molecule has 0 aromatic heterocycles. The minimum Gasteiger partial charge on any atom is -0.493 e. The lowest BCUT2D eigenvalue weighted by Gasteiger charge is -2.14. The highest BCUT2D eigenvalue weighted by Gasteiger charge is 2.30. The average Bonchev–Trinajstić information content (AvgIpc) is 2.88. The number of amides is 3. The van der Waals surface area contributed by atoms with Crippen LogP contribution in [0.2, 0.25) is 10.0 Å². The Balaban J connectivity index is 1.86. The van der Waals surface area contributed by atoms with Crippen molar-refractivity contribution in [2.24, 2.45) is 0 Å². The molecule has 1 fully saturated rings. The summed E-state index contributed by atoms with van der Waals surface area (Å²) in [5.41, 5.74) is 1.68. The molecule has 0 radical (unpaired) electrons. The molecule has 1 saturated heterocycles. The summed E-state index contributed by atoms with van der Waals surface area (Å²) in [6.07, 6.45) is 1.59. The normalized spacial score (nSPS) is 15.2. The minimum atomic E-state index is -0.460. The molecule has 2 aromatic rings. The highest BCUT2D eigenvalue weighted by molar-refractivity contribution is 14.1. The van der Waals surface area contributed by atoms with Gasteiger partial charge in [-0.2, -0.15) is 0 Å². The lowest BCUT2D eigenvalue weighted by Crippen LogP contribution is -2.25. The third-order valence-electron chi connectivity index (χ3n) is 4.03. The predicted octanol–water partition coefficient (Wildman–Crippen LogP) is 4.71. The molecule has 0 atom stereocenters. The van der Waals surface area contributed by atoms with Gasteiger partial charge >= 0.3 is 6.03 Å². The molecule has 6 nitrogen and oxygen atoms in total. The standard InChI is InChI=1S/C19H15Cl2IN2O4/c1-24-18(25)15(23-19(24)26)6-10-5-14(22)17(16(7-10)27-2)28-9-11-3-4-12(20)8-13(11)21/h3-8H,9H2,1-2H3,(H,23,26)/b15-6+. The van der Waals surface area contributed by atoms with Gasteiger partial charge in [0.25, 0.3) is 5.91 Å². The van der Waals surface area contributed by atoms with Crippen LogP contribution in [0.5, 0.6) is 11.5 Å². The van der Waals surface area contributed by atoms with Gasteiger partial charge in [0.2, 0.25) is 0 Å². The van der Waals surface area contributed by atoms with Crippen LogP contribution >= 0.6 is 45.8 Å². The molecule has 0 unspecified atom stereocenters. The highest BCUT2D eigenvalue weighted by Crippen LogP contribution is 2.36. The van der Waals surface area contributed by atoms with Crippen molar-refractivity contribution >= 4 is 63.8 Å². The van der Waals surface area contributed by atoms with E-state index < -0.39 is 11.9 Å². The van der Waals surface area contributed by atoms with Crippen LogP contribution in [-0.2, 0) is 11.4 Å². The number of nitrogens with one attached hydrogen (secondary N) is 1. The summed E-state index contributed by atoms with van der Waals surface area (Å²) in [6, 6.07) is 8.29. The molecule has 3 amide bonds. The zero-order valence-corrected chi connectivity index (χ0v) is 18.6. The summed E-state index contributed by atoms with van der Waals surface area (Å²) >= 11 is 14.2. The SMILES string of the molecule is COc1cc(/C=C2/NC(=O)N(C)C2=O)cc(I)c1OCc1ccc(Cl)cc1Cl. The van der Waals surface area contributed by atoms with Gasteiger partial charge in [-0.3, -0.25) is 9.69 Å². The topological polar surface area (TPSA) is 67.9 Å². The third-order valence-corrected chi connectivity index (χ3v) is 5.42. The molecule has 1 aliphatic rings. The van der Waals surface area contributed by atoms with Crippen LogP contribution < -0.4 is 14.8 Å². The summed E-state index contributed by atoms with van der Waals surface area (Å²) < 4.78 is 12.1. The summed E-state index contributed by atoms with van der Waals surface area (Å²) in [6.45, 7) is 0.238. The fourth-order valence-electron chi connectivity index (χ4n) is 2.54. The molecule has 3 rings (SSSR count). The first kappa shape index (κ1) is 20.8. The smallest absolute Gasteiger partial charge is 0.328 e. The van der Waals surface area contributed by atoms with Gasteiger partial charge < -0.3 is 14.8 Å². The Morgan fingerprint density at radius 1 is 1.21 bits per heavy atom. The number of halogens is 3. The molecular weight excluding hydrogens is 518 g/mol. The van der Waals surface area contributed by atoms with E-state index in [9.17, 15) is 9.59 Å². The summed E-state index contributed by atoms with van der Waals surface area (Å²) in [5.74, 6) is 0.654. The van der Waals surface area contributed by atoms with Crippen LogP contribution in [0.4, 0.5) is 4.79 Å². The number of methoxy groups -OCH3 is 1. The number of hydrogen-bond donors (Lipinski definition) is 1. The number of likely N-dealkylation sites (N-methyl/N-ethyl adjacent to an activating group) is 1. The monoisotopic (exact) mass is 532 g/mol. The number of benzene rings is 2. The van der Waals surface area contributed by atoms with E-state index in [1.807, 2.05) is 6.07 Å². The van der Waals surface area contributed by atoms with Gasteiger partial charge in [-0.25, -0.2) is 4.79 Å². The first-order valence-corrected chi connectivity index (χ1v) is 9.88. The third kappa shape index (κ3) is 4.37. The number of nitrogens with zero attached hydrogens (tertiary/aromatic N) is 1. The Morgan fingerprint density at radius 2 is 1.96 bits per heavy atom. The van der Waals surface area contributed by atoms with Gasteiger partial charge in [0.15, 0.2) is 11.5 Å². The molecule has 0 bridgehead atoms. The molecule has 1 N–H and O–H groups in total. The van der Waals surface area contributed by atoms with Crippen molar-refractivity contribution in [1.82, 2.24) is 10.2 Å². The maximum atomic E-state index is 12.0. The molecule has 1 aliphatic heterocycles. The number of ether oxygens (including phenoxy) is 2. The van der Waals surface area contributed by atoms with Crippen molar-refractivity contribution in [2.45, 2.75) is 6.61 Å². The average molecular weight is 533 g/mol. The minimum absolute atomic E-state index is 0.201. The molecule has 0 saturated carbocycles. The lowest BCUT2D eigenvalue weighted by molar-refractivity contribution is -0.121. The highest BCUT2D eigenvalue weighted by atomic mass is 127. The molecular formula is C19H15Cl2IN2O4. The van der Waals surface area contributed by atoms with Crippen LogP contribution in [0.1, 0.15) is 11.1 Å². The Morgan fingerprint density at radius 3 is 2.57 bits per heavy atom. The zero-order chi connectivity index (χ0) is 20.4. The first-order valence-electron chi connectivity index (χ1n) is 8.05. The number of hydrogen-bond acceptors (Lipinski definition) is 4. The van der Waals surface area contributed by atoms with E-state index in [-0.39, 0.29) is 12.3 Å². The van der Waals surface area contributed by atoms with E-state index in [0.29, 0.717) is 27.1 Å². The Hall–Kier alpha value is -1.97. The number of carbonyl (C=O) groups excluding carboxylic acids is 2. The lowest BCUT2D eigenvalue weighted by atomic mass is 10.1. The molecule has 28 heavy (non-hydrogen) atoms. The molecule has 0 spiro atoms. The second kappa shape index (κ2) is 8.59. The number of urea groups is 1. The fraction of sp³-hybridized carbons (Fsp3) is 0.158. The van der Waals surface area contributed by atoms with Gasteiger partial charge in [0, 0.05) is 22.7 Å². The molecule has 2 aromatic carbocycles. The van der Waals surface area contributed by atoms with E-state index in [0.717, 1.165) is 14.0 Å².